The number of hydrogen-bond acceptors (Lipinski definition) is 6. The van der Waals surface area contributed by atoms with E-state index in [9.17, 15) is 14.0 Å². The molecule has 0 N–H and O–H groups in total. The number of nitrogens with zero attached hydrogens (tertiary/aromatic N) is 2. The highest BCUT2D eigenvalue weighted by Gasteiger charge is 2.26. The van der Waals surface area contributed by atoms with Crippen molar-refractivity contribution in [1.29, 1.82) is 0 Å². The first-order chi connectivity index (χ1) is 19.4. The Bertz CT molecular complexity index is 1360. The monoisotopic (exact) mass is 548 g/mol. The van der Waals surface area contributed by atoms with E-state index in [0.29, 0.717) is 72.5 Å². The summed E-state index contributed by atoms with van der Waals surface area (Å²) in [6.45, 7) is 3.86. The summed E-state index contributed by atoms with van der Waals surface area (Å²) in [4.78, 5) is 30.0. The fraction of sp³-hybridized carbons (Fsp3) is 0.290. The van der Waals surface area contributed by atoms with Crippen molar-refractivity contribution in [3.05, 3.63) is 89.2 Å². The van der Waals surface area contributed by atoms with E-state index in [2.05, 4.69) is 0 Å². The first-order valence-electron chi connectivity index (χ1n) is 13.0. The van der Waals surface area contributed by atoms with E-state index < -0.39 is 0 Å². The number of ether oxygens (including phenoxy) is 4. The fourth-order valence-electron chi connectivity index (χ4n) is 4.62. The molecule has 1 heterocycles. The third-order valence-electron chi connectivity index (χ3n) is 6.67. The molecular weight excluding hydrogens is 515 g/mol. The Morgan fingerprint density at radius 2 is 1.43 bits per heavy atom. The highest BCUT2D eigenvalue weighted by molar-refractivity contribution is 6.00. The lowest BCUT2D eigenvalue weighted by molar-refractivity contribution is -0.127. The van der Waals surface area contributed by atoms with Crippen LogP contribution < -0.4 is 18.9 Å². The van der Waals surface area contributed by atoms with E-state index in [-0.39, 0.29) is 17.6 Å². The number of carbonyl (C=O) groups is 2. The minimum absolute atomic E-state index is 0.197. The summed E-state index contributed by atoms with van der Waals surface area (Å²) in [5, 5.41) is 0. The smallest absolute Gasteiger partial charge is 0.254 e. The molecule has 0 aromatic heterocycles. The van der Waals surface area contributed by atoms with Crippen LogP contribution in [-0.4, -0.2) is 75.7 Å². The summed E-state index contributed by atoms with van der Waals surface area (Å²) in [6, 6.07) is 16.7. The molecule has 1 fully saturated rings. The van der Waals surface area contributed by atoms with Crippen LogP contribution in [0.2, 0.25) is 0 Å². The molecule has 0 unspecified atom stereocenters. The van der Waals surface area contributed by atoms with Crippen LogP contribution in [-0.2, 0) is 4.79 Å². The van der Waals surface area contributed by atoms with E-state index in [4.69, 9.17) is 18.9 Å². The lowest BCUT2D eigenvalue weighted by atomic mass is 9.97. The van der Waals surface area contributed by atoms with Gasteiger partial charge < -0.3 is 28.7 Å². The van der Waals surface area contributed by atoms with Crippen LogP contribution in [0.1, 0.15) is 28.4 Å². The molecule has 0 atom stereocenters. The van der Waals surface area contributed by atoms with Crippen molar-refractivity contribution in [2.45, 2.75) is 6.92 Å². The van der Waals surface area contributed by atoms with Gasteiger partial charge in [0, 0.05) is 37.8 Å². The molecule has 4 rings (SSSR count). The number of rotatable bonds is 9. The molecule has 9 heteroatoms. The molecule has 0 saturated carbocycles. The first-order valence-corrected chi connectivity index (χ1v) is 13.0. The molecule has 3 aromatic rings. The maximum Gasteiger partial charge on any atom is 0.254 e. The number of benzene rings is 3. The maximum atomic E-state index is 14.1. The molecule has 2 amide bonds. The predicted octanol–water partition coefficient (Wildman–Crippen LogP) is 4.67. The van der Waals surface area contributed by atoms with Gasteiger partial charge in [-0.3, -0.25) is 9.59 Å². The number of methoxy groups -OCH3 is 3. The van der Waals surface area contributed by atoms with Gasteiger partial charge in [0.15, 0.2) is 11.5 Å². The number of piperazine rings is 1. The second-order valence-corrected chi connectivity index (χ2v) is 9.06. The first kappa shape index (κ1) is 28.5. The summed E-state index contributed by atoms with van der Waals surface area (Å²) >= 11 is 0. The average Bonchev–Trinajstić information content (AvgIpc) is 2.99. The molecule has 1 aliphatic heterocycles. The van der Waals surface area contributed by atoms with Crippen molar-refractivity contribution in [3.8, 4) is 23.0 Å². The molecule has 0 aliphatic carbocycles. The molecule has 40 heavy (non-hydrogen) atoms. The third-order valence-corrected chi connectivity index (χ3v) is 6.67. The average molecular weight is 549 g/mol. The van der Waals surface area contributed by atoms with Crippen molar-refractivity contribution in [2.75, 3.05) is 54.1 Å². The maximum absolute atomic E-state index is 14.1. The SMILES string of the molecule is CCOc1ccc(/C(=C/C(=O)N2CCN(C(=O)c3cc(OC)c(OC)c(OC)c3)CC2)c2cccc(F)c2)cc1. The number of amides is 2. The Morgan fingerprint density at radius 1 is 0.800 bits per heavy atom. The van der Waals surface area contributed by atoms with Gasteiger partial charge in [0.25, 0.3) is 5.91 Å². The third kappa shape index (κ3) is 6.36. The van der Waals surface area contributed by atoms with Crippen LogP contribution >= 0.6 is 0 Å². The quantitative estimate of drug-likeness (QED) is 0.362. The molecule has 0 radical (unpaired) electrons. The van der Waals surface area contributed by atoms with Crippen molar-refractivity contribution < 1.29 is 32.9 Å². The summed E-state index contributed by atoms with van der Waals surface area (Å²) < 4.78 is 35.7. The molecule has 3 aromatic carbocycles. The highest BCUT2D eigenvalue weighted by atomic mass is 19.1. The second-order valence-electron chi connectivity index (χ2n) is 9.06. The van der Waals surface area contributed by atoms with Gasteiger partial charge in [0.1, 0.15) is 11.6 Å². The van der Waals surface area contributed by atoms with Crippen LogP contribution in [0, 0.1) is 5.82 Å². The van der Waals surface area contributed by atoms with Crippen LogP contribution in [0.15, 0.2) is 66.7 Å². The van der Waals surface area contributed by atoms with Crippen LogP contribution in [0.25, 0.3) is 5.57 Å². The topological polar surface area (TPSA) is 77.5 Å². The Morgan fingerprint density at radius 3 is 1.98 bits per heavy atom. The second kappa shape index (κ2) is 13.0. The minimum atomic E-state index is -0.388. The number of carbonyl (C=O) groups excluding carboxylic acids is 2. The number of halogens is 1. The molecule has 1 aliphatic rings. The van der Waals surface area contributed by atoms with Gasteiger partial charge in [0.05, 0.1) is 27.9 Å². The van der Waals surface area contributed by atoms with Gasteiger partial charge >= 0.3 is 0 Å². The van der Waals surface area contributed by atoms with Crippen molar-refractivity contribution in [1.82, 2.24) is 9.80 Å². The summed E-state index contributed by atoms with van der Waals surface area (Å²) in [7, 11) is 4.49. The fourth-order valence-corrected chi connectivity index (χ4v) is 4.62. The molecule has 0 bridgehead atoms. The Kier molecular flexibility index (Phi) is 9.27. The van der Waals surface area contributed by atoms with Crippen LogP contribution in [0.3, 0.4) is 0 Å². The number of hydrogen-bond donors (Lipinski definition) is 0. The molecule has 1 saturated heterocycles. The molecular formula is C31H33FN2O6. The normalized spacial score (nSPS) is 13.6. The van der Waals surface area contributed by atoms with E-state index >= 15 is 0 Å². The standard InChI is InChI=1S/C31H33FN2O6/c1-5-40-25-11-9-21(10-12-25)26(22-7-6-8-24(32)17-22)20-29(35)33-13-15-34(16-14-33)31(36)23-18-27(37-2)30(39-4)28(19-23)38-3/h6-12,17-20H,5,13-16H2,1-4H3/b26-20-. The zero-order chi connectivity index (χ0) is 28.6. The zero-order valence-electron chi connectivity index (χ0n) is 23.1. The zero-order valence-corrected chi connectivity index (χ0v) is 23.1. The molecule has 210 valence electrons. The van der Waals surface area contributed by atoms with E-state index in [1.165, 1.54) is 39.5 Å². The summed E-state index contributed by atoms with van der Waals surface area (Å²) in [5.41, 5.74) is 2.36. The largest absolute Gasteiger partial charge is 0.494 e. The van der Waals surface area contributed by atoms with Gasteiger partial charge in [-0.25, -0.2) is 4.39 Å². The lowest BCUT2D eigenvalue weighted by Crippen LogP contribution is -2.50. The van der Waals surface area contributed by atoms with E-state index in [1.54, 1.807) is 34.1 Å². The Hall–Kier alpha value is -4.53. The summed E-state index contributed by atoms with van der Waals surface area (Å²) in [5.74, 6) is 1.10. The van der Waals surface area contributed by atoms with Crippen molar-refractivity contribution in [3.63, 3.8) is 0 Å². The van der Waals surface area contributed by atoms with Gasteiger partial charge in [-0.15, -0.1) is 0 Å². The summed E-state index contributed by atoms with van der Waals surface area (Å²) in [6.07, 6.45) is 1.53. The minimum Gasteiger partial charge on any atom is -0.494 e. The Balaban J connectivity index is 1.52. The van der Waals surface area contributed by atoms with E-state index in [1.807, 2.05) is 31.2 Å². The van der Waals surface area contributed by atoms with Crippen LogP contribution in [0.4, 0.5) is 4.39 Å². The van der Waals surface area contributed by atoms with E-state index in [0.717, 1.165) is 5.56 Å². The van der Waals surface area contributed by atoms with Crippen molar-refractivity contribution >= 4 is 17.4 Å². The van der Waals surface area contributed by atoms with Crippen LogP contribution in [0.5, 0.6) is 23.0 Å². The van der Waals surface area contributed by atoms with Crippen molar-refractivity contribution in [2.24, 2.45) is 0 Å². The van der Waals surface area contributed by atoms with Gasteiger partial charge in [-0.05, 0) is 60.0 Å². The molecule has 8 nitrogen and oxygen atoms in total. The predicted molar refractivity (Wildman–Crippen MR) is 150 cm³/mol. The van der Waals surface area contributed by atoms with Gasteiger partial charge in [-0.1, -0.05) is 24.3 Å². The lowest BCUT2D eigenvalue weighted by Gasteiger charge is -2.34. The highest BCUT2D eigenvalue weighted by Crippen LogP contribution is 2.38. The van der Waals surface area contributed by atoms with Gasteiger partial charge in [-0.2, -0.15) is 0 Å². The van der Waals surface area contributed by atoms with Gasteiger partial charge in [0.2, 0.25) is 11.7 Å². The Labute approximate surface area is 233 Å². The molecule has 0 spiro atoms.